The van der Waals surface area contributed by atoms with Crippen LogP contribution >= 0.6 is 0 Å². The Morgan fingerprint density at radius 1 is 1.33 bits per heavy atom. The van der Waals surface area contributed by atoms with E-state index in [9.17, 15) is 9.59 Å². The summed E-state index contributed by atoms with van der Waals surface area (Å²) in [6.45, 7) is 10.5. The van der Waals surface area contributed by atoms with Crippen LogP contribution in [0.5, 0.6) is 0 Å². The second kappa shape index (κ2) is 4.47. The Morgan fingerprint density at radius 3 is 2.13 bits per heavy atom. The predicted molar refractivity (Wildman–Crippen MR) is 58.4 cm³/mol. The molecule has 86 valence electrons. The quantitative estimate of drug-likeness (QED) is 0.679. The first-order valence-corrected chi connectivity index (χ1v) is 4.79. The predicted octanol–water partition coefficient (Wildman–Crippen LogP) is 1.43. The van der Waals surface area contributed by atoms with Gasteiger partial charge in [-0.15, -0.1) is 0 Å². The van der Waals surface area contributed by atoms with Gasteiger partial charge in [-0.1, -0.05) is 20.4 Å². The van der Waals surface area contributed by atoms with Crippen molar-refractivity contribution in [2.24, 2.45) is 10.8 Å². The fourth-order valence-electron chi connectivity index (χ4n) is 0.891. The molecule has 4 heteroatoms. The molecule has 0 aromatic carbocycles. The molecule has 0 rings (SSSR count). The van der Waals surface area contributed by atoms with Gasteiger partial charge in [-0.2, -0.15) is 0 Å². The average molecular weight is 213 g/mol. The fraction of sp³-hybridized carbons (Fsp3) is 0.636. The standard InChI is InChI=1S/C11H19NO3/c1-6-8(13)12-7-10(2,3)11(4,5)9(14)15/h6H,1,7H2,2-5H3,(H,12,13)(H,14,15). The van der Waals surface area contributed by atoms with E-state index in [0.717, 1.165) is 0 Å². The van der Waals surface area contributed by atoms with E-state index >= 15 is 0 Å². The van der Waals surface area contributed by atoms with Gasteiger partial charge in [0.2, 0.25) is 5.91 Å². The van der Waals surface area contributed by atoms with Gasteiger partial charge in [0.1, 0.15) is 0 Å². The van der Waals surface area contributed by atoms with Crippen LogP contribution in [-0.4, -0.2) is 23.5 Å². The van der Waals surface area contributed by atoms with Crippen LogP contribution < -0.4 is 5.32 Å². The van der Waals surface area contributed by atoms with Gasteiger partial charge in [-0.3, -0.25) is 9.59 Å². The Bertz CT molecular complexity index is 280. The van der Waals surface area contributed by atoms with Gasteiger partial charge in [-0.25, -0.2) is 0 Å². The molecule has 0 bridgehead atoms. The number of nitrogens with one attached hydrogen (secondary N) is 1. The number of carboxylic acids is 1. The van der Waals surface area contributed by atoms with Gasteiger partial charge in [0, 0.05) is 6.54 Å². The molecule has 0 radical (unpaired) electrons. The number of aliphatic carboxylic acids is 1. The Morgan fingerprint density at radius 2 is 1.80 bits per heavy atom. The summed E-state index contributed by atoms with van der Waals surface area (Å²) >= 11 is 0. The van der Waals surface area contributed by atoms with Crippen LogP contribution in [0.15, 0.2) is 12.7 Å². The first-order valence-electron chi connectivity index (χ1n) is 4.79. The largest absolute Gasteiger partial charge is 0.481 e. The number of carboxylic acid groups (broad SMARTS) is 1. The lowest BCUT2D eigenvalue weighted by atomic mass is 9.68. The number of carbonyl (C=O) groups is 2. The first-order chi connectivity index (χ1) is 6.65. The van der Waals surface area contributed by atoms with E-state index in [1.165, 1.54) is 6.08 Å². The highest BCUT2D eigenvalue weighted by Crippen LogP contribution is 2.37. The molecular weight excluding hydrogens is 194 g/mol. The van der Waals surface area contributed by atoms with E-state index in [2.05, 4.69) is 11.9 Å². The van der Waals surface area contributed by atoms with Crippen molar-refractivity contribution in [3.05, 3.63) is 12.7 Å². The maximum absolute atomic E-state index is 11.0. The van der Waals surface area contributed by atoms with Crippen LogP contribution in [0.25, 0.3) is 0 Å². The van der Waals surface area contributed by atoms with Crippen molar-refractivity contribution in [2.75, 3.05) is 6.54 Å². The summed E-state index contributed by atoms with van der Waals surface area (Å²) in [5.41, 5.74) is -1.43. The molecule has 0 saturated heterocycles. The Kier molecular flexibility index (Phi) is 4.07. The first kappa shape index (κ1) is 13.7. The average Bonchev–Trinajstić information content (AvgIpc) is 2.13. The summed E-state index contributed by atoms with van der Waals surface area (Å²) in [5.74, 6) is -1.16. The molecule has 0 aromatic heterocycles. The third-order valence-corrected chi connectivity index (χ3v) is 3.12. The zero-order valence-electron chi connectivity index (χ0n) is 9.76. The second-order valence-corrected chi connectivity index (χ2v) is 4.74. The van der Waals surface area contributed by atoms with E-state index in [1.54, 1.807) is 13.8 Å². The molecule has 15 heavy (non-hydrogen) atoms. The van der Waals surface area contributed by atoms with Crippen LogP contribution in [0.2, 0.25) is 0 Å². The van der Waals surface area contributed by atoms with E-state index in [-0.39, 0.29) is 5.91 Å². The van der Waals surface area contributed by atoms with Crippen molar-refractivity contribution in [1.29, 1.82) is 0 Å². The van der Waals surface area contributed by atoms with Gasteiger partial charge in [-0.05, 0) is 25.3 Å². The van der Waals surface area contributed by atoms with Crippen LogP contribution in [-0.2, 0) is 9.59 Å². The molecule has 0 aromatic rings. The van der Waals surface area contributed by atoms with Crippen LogP contribution in [0.3, 0.4) is 0 Å². The molecule has 1 amide bonds. The van der Waals surface area contributed by atoms with Crippen molar-refractivity contribution >= 4 is 11.9 Å². The molecule has 0 saturated carbocycles. The third-order valence-electron chi connectivity index (χ3n) is 3.12. The monoisotopic (exact) mass is 213 g/mol. The van der Waals surface area contributed by atoms with Crippen LogP contribution in [0.4, 0.5) is 0 Å². The molecule has 0 unspecified atom stereocenters. The number of amides is 1. The molecule has 0 aliphatic heterocycles. The molecule has 4 nitrogen and oxygen atoms in total. The summed E-state index contributed by atoms with van der Waals surface area (Å²) in [6.07, 6.45) is 1.17. The lowest BCUT2D eigenvalue weighted by Gasteiger charge is -2.38. The highest BCUT2D eigenvalue weighted by Gasteiger charge is 2.43. The van der Waals surface area contributed by atoms with Crippen molar-refractivity contribution < 1.29 is 14.7 Å². The lowest BCUT2D eigenvalue weighted by Crippen LogP contribution is -2.46. The smallest absolute Gasteiger partial charge is 0.309 e. The fourth-order valence-corrected chi connectivity index (χ4v) is 0.891. The number of carbonyl (C=O) groups excluding carboxylic acids is 1. The van der Waals surface area contributed by atoms with E-state index in [0.29, 0.717) is 6.54 Å². The third kappa shape index (κ3) is 3.08. The van der Waals surface area contributed by atoms with E-state index < -0.39 is 16.8 Å². The van der Waals surface area contributed by atoms with Crippen molar-refractivity contribution in [2.45, 2.75) is 27.7 Å². The second-order valence-electron chi connectivity index (χ2n) is 4.74. The normalized spacial score (nSPS) is 12.0. The van der Waals surface area contributed by atoms with Gasteiger partial charge in [0.15, 0.2) is 0 Å². The molecule has 0 spiro atoms. The van der Waals surface area contributed by atoms with E-state index in [1.807, 2.05) is 13.8 Å². The minimum absolute atomic E-state index is 0.288. The Hall–Kier alpha value is -1.32. The summed E-state index contributed by atoms with van der Waals surface area (Å²) in [7, 11) is 0. The van der Waals surface area contributed by atoms with Crippen molar-refractivity contribution in [1.82, 2.24) is 5.32 Å². The lowest BCUT2D eigenvalue weighted by molar-refractivity contribution is -0.154. The highest BCUT2D eigenvalue weighted by atomic mass is 16.4. The van der Waals surface area contributed by atoms with Crippen LogP contribution in [0.1, 0.15) is 27.7 Å². The maximum Gasteiger partial charge on any atom is 0.309 e. The summed E-state index contributed by atoms with van der Waals surface area (Å²) in [4.78, 5) is 22.0. The Labute approximate surface area is 90.4 Å². The molecule has 0 fully saturated rings. The van der Waals surface area contributed by atoms with Gasteiger partial charge < -0.3 is 10.4 Å². The summed E-state index contributed by atoms with van der Waals surface area (Å²) < 4.78 is 0. The molecule has 0 atom stereocenters. The molecule has 0 aliphatic rings. The van der Waals surface area contributed by atoms with Gasteiger partial charge in [0.05, 0.1) is 5.41 Å². The van der Waals surface area contributed by atoms with E-state index in [4.69, 9.17) is 5.11 Å². The van der Waals surface area contributed by atoms with Crippen LogP contribution in [0, 0.1) is 10.8 Å². The number of hydrogen-bond donors (Lipinski definition) is 2. The molecular formula is C11H19NO3. The minimum Gasteiger partial charge on any atom is -0.481 e. The SMILES string of the molecule is C=CC(=O)NCC(C)(C)C(C)(C)C(=O)O. The Balaban J connectivity index is 4.61. The molecule has 0 aliphatic carbocycles. The van der Waals surface area contributed by atoms with Gasteiger partial charge in [0.25, 0.3) is 0 Å². The zero-order chi connectivity index (χ0) is 12.3. The zero-order valence-corrected chi connectivity index (χ0v) is 9.76. The summed E-state index contributed by atoms with van der Waals surface area (Å²) in [5, 5.41) is 11.7. The highest BCUT2D eigenvalue weighted by molar-refractivity contribution is 5.86. The molecule has 2 N–H and O–H groups in total. The number of hydrogen-bond acceptors (Lipinski definition) is 2. The van der Waals surface area contributed by atoms with Gasteiger partial charge >= 0.3 is 5.97 Å². The van der Waals surface area contributed by atoms with Crippen molar-refractivity contribution in [3.8, 4) is 0 Å². The maximum atomic E-state index is 11.0. The summed E-state index contributed by atoms with van der Waals surface area (Å²) in [6, 6.07) is 0. The van der Waals surface area contributed by atoms with Crippen molar-refractivity contribution in [3.63, 3.8) is 0 Å². The minimum atomic E-state index is -0.901. The number of rotatable bonds is 5. The molecule has 0 heterocycles. The topological polar surface area (TPSA) is 66.4 Å².